The largest absolute Gasteiger partial charge is 0.399 e. The molecule has 2 aromatic rings. The Morgan fingerprint density at radius 2 is 2.11 bits per heavy atom. The second kappa shape index (κ2) is 5.98. The van der Waals surface area contributed by atoms with E-state index in [9.17, 15) is 0 Å². The molecule has 0 unspecified atom stereocenters. The van der Waals surface area contributed by atoms with Gasteiger partial charge in [0.15, 0.2) is 0 Å². The predicted octanol–water partition coefficient (Wildman–Crippen LogP) is 2.71. The highest BCUT2D eigenvalue weighted by Crippen LogP contribution is 2.13. The minimum absolute atomic E-state index is 0.885. The first-order valence-corrected chi connectivity index (χ1v) is 6.96. The molecule has 0 bridgehead atoms. The van der Waals surface area contributed by atoms with Gasteiger partial charge in [-0.3, -0.25) is 0 Å². The molecule has 0 saturated carbocycles. The smallest absolute Gasteiger partial charge is 0.0897 e. The Morgan fingerprint density at radius 1 is 1.33 bits per heavy atom. The van der Waals surface area contributed by atoms with Gasteiger partial charge in [0, 0.05) is 24.2 Å². The highest BCUT2D eigenvalue weighted by atomic mass is 32.1. The third-order valence-electron chi connectivity index (χ3n) is 2.92. The zero-order valence-electron chi connectivity index (χ0n) is 10.9. The summed E-state index contributed by atoms with van der Waals surface area (Å²) < 4.78 is 0. The van der Waals surface area contributed by atoms with Crippen LogP contribution in [-0.4, -0.2) is 23.5 Å². The van der Waals surface area contributed by atoms with Crippen LogP contribution >= 0.6 is 11.3 Å². The highest BCUT2D eigenvalue weighted by molar-refractivity contribution is 7.09. The number of para-hydroxylation sites is 1. The number of aryl methyl sites for hydroxylation is 1. The number of likely N-dealkylation sites (N-methyl/N-ethyl adjacent to an activating group) is 1. The van der Waals surface area contributed by atoms with E-state index in [1.807, 2.05) is 25.1 Å². The third-order valence-corrected chi connectivity index (χ3v) is 3.74. The summed E-state index contributed by atoms with van der Waals surface area (Å²) in [6.07, 6.45) is 0.978. The molecule has 3 nitrogen and oxygen atoms in total. The Bertz CT molecular complexity index is 507. The van der Waals surface area contributed by atoms with Crippen molar-refractivity contribution in [3.8, 4) is 0 Å². The molecule has 1 heterocycles. The quantitative estimate of drug-likeness (QED) is 0.841. The number of nitrogens with zero attached hydrogens (tertiary/aromatic N) is 2. The maximum Gasteiger partial charge on any atom is 0.0897 e. The number of benzene rings is 1. The van der Waals surface area contributed by atoms with Crippen molar-refractivity contribution in [3.05, 3.63) is 45.9 Å². The van der Waals surface area contributed by atoms with Crippen LogP contribution in [0.3, 0.4) is 0 Å². The summed E-state index contributed by atoms with van der Waals surface area (Å²) >= 11 is 1.71. The average molecular weight is 261 g/mol. The van der Waals surface area contributed by atoms with E-state index in [1.165, 1.54) is 5.56 Å². The van der Waals surface area contributed by atoms with Crippen LogP contribution in [0.1, 0.15) is 16.3 Å². The summed E-state index contributed by atoms with van der Waals surface area (Å²) in [4.78, 5) is 6.75. The van der Waals surface area contributed by atoms with Gasteiger partial charge in [0.05, 0.1) is 10.7 Å². The van der Waals surface area contributed by atoms with Gasteiger partial charge in [-0.25, -0.2) is 4.98 Å². The molecule has 1 aromatic carbocycles. The highest BCUT2D eigenvalue weighted by Gasteiger charge is 2.05. The lowest BCUT2D eigenvalue weighted by molar-refractivity contribution is 0.328. The van der Waals surface area contributed by atoms with E-state index in [4.69, 9.17) is 5.73 Å². The van der Waals surface area contributed by atoms with Crippen molar-refractivity contribution in [2.24, 2.45) is 0 Å². The number of nitrogens with two attached hydrogens (primary N) is 1. The van der Waals surface area contributed by atoms with Crippen molar-refractivity contribution in [2.45, 2.75) is 19.9 Å². The molecule has 4 heteroatoms. The molecular formula is C14H19N3S. The fourth-order valence-electron chi connectivity index (χ4n) is 1.91. The molecule has 0 radical (unpaired) electrons. The van der Waals surface area contributed by atoms with Crippen molar-refractivity contribution in [2.75, 3.05) is 19.3 Å². The van der Waals surface area contributed by atoms with Crippen LogP contribution < -0.4 is 5.73 Å². The van der Waals surface area contributed by atoms with E-state index in [-0.39, 0.29) is 0 Å². The van der Waals surface area contributed by atoms with Crippen molar-refractivity contribution < 1.29 is 0 Å². The van der Waals surface area contributed by atoms with E-state index in [2.05, 4.69) is 28.4 Å². The standard InChI is InChI=1S/C14H19N3S/c1-11-16-13(10-18-11)9-17(2)8-7-12-5-3-4-6-14(12)15/h3-6,10H,7-9,15H2,1-2H3. The fourth-order valence-corrected chi connectivity index (χ4v) is 2.51. The molecule has 2 rings (SSSR count). The number of hydrogen-bond donors (Lipinski definition) is 1. The van der Waals surface area contributed by atoms with Gasteiger partial charge in [-0.2, -0.15) is 0 Å². The molecule has 0 aliphatic carbocycles. The zero-order valence-corrected chi connectivity index (χ0v) is 11.7. The molecule has 0 atom stereocenters. The van der Waals surface area contributed by atoms with Crippen LogP contribution in [-0.2, 0) is 13.0 Å². The minimum atomic E-state index is 0.885. The summed E-state index contributed by atoms with van der Waals surface area (Å²) in [7, 11) is 2.12. The van der Waals surface area contributed by atoms with Crippen LogP contribution in [0.2, 0.25) is 0 Å². The average Bonchev–Trinajstić information content (AvgIpc) is 2.74. The van der Waals surface area contributed by atoms with Gasteiger partial charge < -0.3 is 10.6 Å². The Balaban J connectivity index is 1.85. The Hall–Kier alpha value is -1.39. The lowest BCUT2D eigenvalue weighted by atomic mass is 10.1. The minimum Gasteiger partial charge on any atom is -0.399 e. The lowest BCUT2D eigenvalue weighted by Crippen LogP contribution is -2.21. The molecule has 18 heavy (non-hydrogen) atoms. The normalized spacial score (nSPS) is 11.1. The topological polar surface area (TPSA) is 42.2 Å². The van der Waals surface area contributed by atoms with E-state index in [1.54, 1.807) is 11.3 Å². The lowest BCUT2D eigenvalue weighted by Gasteiger charge is -2.15. The number of anilines is 1. The number of nitrogen functional groups attached to an aromatic ring is 1. The SMILES string of the molecule is Cc1nc(CN(C)CCc2ccccc2N)cs1. The van der Waals surface area contributed by atoms with Gasteiger partial charge in [0.1, 0.15) is 0 Å². The monoisotopic (exact) mass is 261 g/mol. The van der Waals surface area contributed by atoms with Gasteiger partial charge in [-0.05, 0) is 32.0 Å². The first-order chi connectivity index (χ1) is 8.65. The summed E-state index contributed by atoms with van der Waals surface area (Å²) in [6.45, 7) is 3.93. The molecule has 0 saturated heterocycles. The molecule has 0 fully saturated rings. The van der Waals surface area contributed by atoms with Gasteiger partial charge in [-0.1, -0.05) is 18.2 Å². The molecular weight excluding hydrogens is 242 g/mol. The summed E-state index contributed by atoms with van der Waals surface area (Å²) in [6, 6.07) is 8.06. The Morgan fingerprint density at radius 3 is 2.78 bits per heavy atom. The van der Waals surface area contributed by atoms with Gasteiger partial charge >= 0.3 is 0 Å². The maximum atomic E-state index is 5.93. The Kier molecular flexibility index (Phi) is 4.33. The molecule has 0 aliphatic heterocycles. The Labute approximate surface area is 112 Å². The second-order valence-electron chi connectivity index (χ2n) is 4.54. The maximum absolute atomic E-state index is 5.93. The number of thiazole rings is 1. The summed E-state index contributed by atoms with van der Waals surface area (Å²) in [5.74, 6) is 0. The molecule has 0 aliphatic rings. The molecule has 1 aromatic heterocycles. The van der Waals surface area contributed by atoms with E-state index >= 15 is 0 Å². The van der Waals surface area contributed by atoms with Crippen molar-refractivity contribution in [1.82, 2.24) is 9.88 Å². The molecule has 96 valence electrons. The van der Waals surface area contributed by atoms with Gasteiger partial charge in [0.25, 0.3) is 0 Å². The first kappa shape index (κ1) is 13.1. The number of hydrogen-bond acceptors (Lipinski definition) is 4. The molecule has 0 spiro atoms. The van der Waals surface area contributed by atoms with Gasteiger partial charge in [0.2, 0.25) is 0 Å². The van der Waals surface area contributed by atoms with Crippen LogP contribution in [0.25, 0.3) is 0 Å². The summed E-state index contributed by atoms with van der Waals surface area (Å²) in [5.41, 5.74) is 9.19. The van der Waals surface area contributed by atoms with Crippen molar-refractivity contribution >= 4 is 17.0 Å². The van der Waals surface area contributed by atoms with Crippen LogP contribution in [0.4, 0.5) is 5.69 Å². The number of rotatable bonds is 5. The third kappa shape index (κ3) is 3.55. The van der Waals surface area contributed by atoms with Crippen molar-refractivity contribution in [1.29, 1.82) is 0 Å². The van der Waals surface area contributed by atoms with E-state index in [0.717, 1.165) is 35.9 Å². The van der Waals surface area contributed by atoms with Crippen LogP contribution in [0.5, 0.6) is 0 Å². The fraction of sp³-hybridized carbons (Fsp3) is 0.357. The van der Waals surface area contributed by atoms with Crippen molar-refractivity contribution in [3.63, 3.8) is 0 Å². The predicted molar refractivity (Wildman–Crippen MR) is 77.7 cm³/mol. The van der Waals surface area contributed by atoms with Gasteiger partial charge in [-0.15, -0.1) is 11.3 Å². The zero-order chi connectivity index (χ0) is 13.0. The molecule has 2 N–H and O–H groups in total. The van der Waals surface area contributed by atoms with Crippen LogP contribution in [0, 0.1) is 6.92 Å². The van der Waals surface area contributed by atoms with E-state index < -0.39 is 0 Å². The van der Waals surface area contributed by atoms with Crippen LogP contribution in [0.15, 0.2) is 29.6 Å². The first-order valence-electron chi connectivity index (χ1n) is 6.08. The second-order valence-corrected chi connectivity index (χ2v) is 5.61. The summed E-state index contributed by atoms with van der Waals surface area (Å²) in [5, 5.41) is 3.26. The molecule has 0 amide bonds. The van der Waals surface area contributed by atoms with E-state index in [0.29, 0.717) is 0 Å². The number of aromatic nitrogens is 1.